The molecule has 0 saturated carbocycles. The molecule has 0 heterocycles. The Hall–Kier alpha value is 0.540. The Balaban J connectivity index is 4.33. The molecule has 3 atom stereocenters. The maximum atomic E-state index is 10.1. The fraction of sp³-hybridized carbons (Fsp3) is 1.00. The van der Waals surface area contributed by atoms with Crippen molar-refractivity contribution in [2.75, 3.05) is 18.1 Å². The number of rotatable bonds is 12. The molecule has 0 aliphatic carbocycles. The number of hydrogen-bond acceptors (Lipinski definition) is 6. The summed E-state index contributed by atoms with van der Waals surface area (Å²) in [5.41, 5.74) is 0. The van der Waals surface area contributed by atoms with Crippen LogP contribution >= 0.6 is 23.5 Å². The number of aliphatic hydroxyl groups excluding tert-OH is 4. The van der Waals surface area contributed by atoms with Gasteiger partial charge in [0.15, 0.2) is 0 Å². The molecule has 3 unspecified atom stereocenters. The fourth-order valence-corrected chi connectivity index (χ4v) is 4.48. The highest BCUT2D eigenvalue weighted by Crippen LogP contribution is 2.30. The van der Waals surface area contributed by atoms with Crippen molar-refractivity contribution < 1.29 is 20.4 Å². The van der Waals surface area contributed by atoms with Crippen LogP contribution in [-0.4, -0.2) is 61.4 Å². The van der Waals surface area contributed by atoms with Gasteiger partial charge in [0.25, 0.3) is 0 Å². The second-order valence-electron chi connectivity index (χ2n) is 4.55. The standard InChI is InChI=1S/C13H28O4S2/c1-3-5-7-18-13(19-8-6-4-2)12(17)11(16)10(15)9-14/h10-17H,3-9H2,1-2H3. The van der Waals surface area contributed by atoms with Crippen LogP contribution in [0.15, 0.2) is 0 Å². The number of unbranched alkanes of at least 4 members (excludes halogenated alkanes) is 2. The minimum atomic E-state index is -1.29. The van der Waals surface area contributed by atoms with Crippen molar-refractivity contribution in [1.29, 1.82) is 0 Å². The Morgan fingerprint density at radius 3 is 1.68 bits per heavy atom. The van der Waals surface area contributed by atoms with Crippen LogP contribution in [0.3, 0.4) is 0 Å². The van der Waals surface area contributed by atoms with Crippen molar-refractivity contribution in [1.82, 2.24) is 0 Å². The van der Waals surface area contributed by atoms with Crippen LogP contribution in [0.25, 0.3) is 0 Å². The smallest absolute Gasteiger partial charge is 0.110 e. The molecular weight excluding hydrogens is 284 g/mol. The molecule has 0 fully saturated rings. The van der Waals surface area contributed by atoms with E-state index in [1.54, 1.807) is 23.5 Å². The Bertz CT molecular complexity index is 197. The van der Waals surface area contributed by atoms with Gasteiger partial charge in [-0.15, -0.1) is 23.5 Å². The molecule has 19 heavy (non-hydrogen) atoms. The molecule has 0 spiro atoms. The lowest BCUT2D eigenvalue weighted by molar-refractivity contribution is -0.0706. The lowest BCUT2D eigenvalue weighted by Gasteiger charge is -2.28. The normalized spacial score (nSPS) is 16.6. The van der Waals surface area contributed by atoms with Gasteiger partial charge in [0, 0.05) is 0 Å². The second kappa shape index (κ2) is 12.3. The average Bonchev–Trinajstić information content (AvgIpc) is 2.43. The maximum Gasteiger partial charge on any atom is 0.110 e. The molecule has 0 aromatic heterocycles. The Labute approximate surface area is 125 Å². The summed E-state index contributed by atoms with van der Waals surface area (Å²) in [6.07, 6.45) is 0.733. The highest BCUT2D eigenvalue weighted by Gasteiger charge is 2.31. The van der Waals surface area contributed by atoms with E-state index in [-0.39, 0.29) is 4.58 Å². The van der Waals surface area contributed by atoms with Crippen molar-refractivity contribution in [3.63, 3.8) is 0 Å². The Morgan fingerprint density at radius 1 is 0.842 bits per heavy atom. The molecule has 116 valence electrons. The molecule has 0 aromatic rings. The first-order valence-corrected chi connectivity index (χ1v) is 9.06. The molecule has 0 aromatic carbocycles. The number of thioether (sulfide) groups is 2. The van der Waals surface area contributed by atoms with E-state index in [0.29, 0.717) is 0 Å². The first-order chi connectivity index (χ1) is 9.08. The van der Waals surface area contributed by atoms with Gasteiger partial charge in [-0.3, -0.25) is 0 Å². The van der Waals surface area contributed by atoms with E-state index < -0.39 is 24.9 Å². The minimum absolute atomic E-state index is 0.158. The topological polar surface area (TPSA) is 80.9 Å². The molecular formula is C13H28O4S2. The molecule has 0 aliphatic heterocycles. The fourth-order valence-electron chi connectivity index (χ4n) is 1.43. The van der Waals surface area contributed by atoms with Gasteiger partial charge in [-0.05, 0) is 24.3 Å². The molecule has 4 N–H and O–H groups in total. The predicted molar refractivity (Wildman–Crippen MR) is 83.6 cm³/mol. The number of hydrogen-bond donors (Lipinski definition) is 4. The summed E-state index contributed by atoms with van der Waals surface area (Å²) in [5, 5.41) is 38.1. The summed E-state index contributed by atoms with van der Waals surface area (Å²) in [6, 6.07) is 0. The van der Waals surface area contributed by atoms with Gasteiger partial charge >= 0.3 is 0 Å². The van der Waals surface area contributed by atoms with Crippen molar-refractivity contribution in [2.24, 2.45) is 0 Å². The molecule has 4 nitrogen and oxygen atoms in total. The zero-order chi connectivity index (χ0) is 14.7. The summed E-state index contributed by atoms with van der Waals surface area (Å²) < 4.78 is -0.158. The van der Waals surface area contributed by atoms with Crippen LogP contribution in [0.4, 0.5) is 0 Å². The van der Waals surface area contributed by atoms with Crippen LogP contribution in [0.1, 0.15) is 39.5 Å². The van der Waals surface area contributed by atoms with E-state index in [1.807, 2.05) is 0 Å². The quantitative estimate of drug-likeness (QED) is 0.323. The van der Waals surface area contributed by atoms with Gasteiger partial charge in [-0.25, -0.2) is 0 Å². The second-order valence-corrected chi connectivity index (χ2v) is 7.35. The largest absolute Gasteiger partial charge is 0.394 e. The van der Waals surface area contributed by atoms with E-state index >= 15 is 0 Å². The molecule has 0 saturated heterocycles. The third-order valence-electron chi connectivity index (χ3n) is 2.77. The lowest BCUT2D eigenvalue weighted by atomic mass is 10.1. The average molecular weight is 312 g/mol. The summed E-state index contributed by atoms with van der Waals surface area (Å²) in [6.45, 7) is 3.69. The van der Waals surface area contributed by atoms with Crippen LogP contribution < -0.4 is 0 Å². The van der Waals surface area contributed by atoms with E-state index in [1.165, 1.54) is 0 Å². The first kappa shape index (κ1) is 19.5. The third kappa shape index (κ3) is 8.42. The lowest BCUT2D eigenvalue weighted by Crippen LogP contribution is -2.44. The van der Waals surface area contributed by atoms with Crippen LogP contribution in [0, 0.1) is 0 Å². The van der Waals surface area contributed by atoms with E-state index in [0.717, 1.165) is 37.2 Å². The summed E-state index contributed by atoms with van der Waals surface area (Å²) in [4.78, 5) is 0. The summed E-state index contributed by atoms with van der Waals surface area (Å²) in [5.74, 6) is 1.86. The van der Waals surface area contributed by atoms with Gasteiger partial charge < -0.3 is 20.4 Å². The van der Waals surface area contributed by atoms with Gasteiger partial charge in [0.2, 0.25) is 0 Å². The van der Waals surface area contributed by atoms with E-state index in [9.17, 15) is 15.3 Å². The van der Waals surface area contributed by atoms with Crippen molar-refractivity contribution >= 4 is 23.5 Å². The highest BCUT2D eigenvalue weighted by atomic mass is 32.2. The molecule has 0 bridgehead atoms. The van der Waals surface area contributed by atoms with Crippen molar-refractivity contribution in [3.8, 4) is 0 Å². The highest BCUT2D eigenvalue weighted by molar-refractivity contribution is 8.17. The van der Waals surface area contributed by atoms with Crippen molar-refractivity contribution in [3.05, 3.63) is 0 Å². The first-order valence-electron chi connectivity index (χ1n) is 6.96. The van der Waals surface area contributed by atoms with Crippen LogP contribution in [-0.2, 0) is 0 Å². The maximum absolute atomic E-state index is 10.1. The van der Waals surface area contributed by atoms with Gasteiger partial charge in [0.05, 0.1) is 11.2 Å². The SMILES string of the molecule is CCCCSC(SCCCC)C(O)C(O)C(O)CO. The summed E-state index contributed by atoms with van der Waals surface area (Å²) in [7, 11) is 0. The van der Waals surface area contributed by atoms with Gasteiger partial charge in [-0.1, -0.05) is 26.7 Å². The monoisotopic (exact) mass is 312 g/mol. The van der Waals surface area contributed by atoms with Crippen LogP contribution in [0.2, 0.25) is 0 Å². The molecule has 0 aliphatic rings. The predicted octanol–water partition coefficient (Wildman–Crippen LogP) is 1.45. The zero-order valence-electron chi connectivity index (χ0n) is 11.9. The van der Waals surface area contributed by atoms with Crippen LogP contribution in [0.5, 0.6) is 0 Å². The molecule has 0 radical (unpaired) electrons. The third-order valence-corrected chi connectivity index (χ3v) is 5.85. The van der Waals surface area contributed by atoms with E-state index in [2.05, 4.69) is 13.8 Å². The molecule has 0 amide bonds. The number of aliphatic hydroxyl groups is 4. The van der Waals surface area contributed by atoms with Gasteiger partial charge in [0.1, 0.15) is 18.3 Å². The zero-order valence-corrected chi connectivity index (χ0v) is 13.5. The summed E-state index contributed by atoms with van der Waals surface area (Å²) >= 11 is 3.24. The molecule has 0 rings (SSSR count). The van der Waals surface area contributed by atoms with E-state index in [4.69, 9.17) is 5.11 Å². The Kier molecular flexibility index (Phi) is 12.6. The Morgan fingerprint density at radius 2 is 1.32 bits per heavy atom. The molecule has 6 heteroatoms. The minimum Gasteiger partial charge on any atom is -0.394 e. The van der Waals surface area contributed by atoms with Crippen molar-refractivity contribution in [2.45, 2.75) is 62.4 Å². The van der Waals surface area contributed by atoms with Gasteiger partial charge in [-0.2, -0.15) is 0 Å².